The Hall–Kier alpha value is -2.47. The second kappa shape index (κ2) is 5.88. The van der Waals surface area contributed by atoms with Crippen LogP contribution in [-0.2, 0) is 0 Å². The minimum Gasteiger partial charge on any atom is -0.322 e. The maximum absolute atomic E-state index is 12.2. The number of halogens is 1. The summed E-state index contributed by atoms with van der Waals surface area (Å²) < 4.78 is 0. The zero-order chi connectivity index (χ0) is 15.6. The third-order valence-corrected chi connectivity index (χ3v) is 3.21. The fourth-order valence-electron chi connectivity index (χ4n) is 1.93. The number of carbonyl (C=O) groups is 1. The van der Waals surface area contributed by atoms with E-state index in [0.29, 0.717) is 5.69 Å². The summed E-state index contributed by atoms with van der Waals surface area (Å²) in [6, 6.07) is 6.76. The molecular weight excluding hydrogens is 294 g/mol. The predicted octanol–water partition coefficient (Wildman–Crippen LogP) is 3.51. The van der Waals surface area contributed by atoms with E-state index in [-0.39, 0.29) is 10.7 Å². The summed E-state index contributed by atoms with van der Waals surface area (Å²) >= 11 is 5.69. The summed E-state index contributed by atoms with van der Waals surface area (Å²) in [6.45, 7) is 3.78. The van der Waals surface area contributed by atoms with Crippen LogP contribution in [0.5, 0.6) is 0 Å². The molecule has 2 aromatic rings. The van der Waals surface area contributed by atoms with Crippen molar-refractivity contribution in [2.24, 2.45) is 0 Å². The van der Waals surface area contributed by atoms with Crippen LogP contribution in [0.15, 0.2) is 30.5 Å². The molecule has 0 unspecified atom stereocenters. The van der Waals surface area contributed by atoms with Crippen molar-refractivity contribution in [1.82, 2.24) is 4.98 Å². The van der Waals surface area contributed by atoms with E-state index in [0.717, 1.165) is 11.1 Å². The molecule has 0 aliphatic carbocycles. The van der Waals surface area contributed by atoms with Crippen molar-refractivity contribution in [1.29, 1.82) is 0 Å². The second-order valence-corrected chi connectivity index (χ2v) is 4.89. The number of aryl methyl sites for hydroxylation is 2. The topological polar surface area (TPSA) is 85.1 Å². The van der Waals surface area contributed by atoms with Crippen LogP contribution in [0.25, 0.3) is 0 Å². The zero-order valence-corrected chi connectivity index (χ0v) is 12.1. The van der Waals surface area contributed by atoms with E-state index in [4.69, 9.17) is 11.6 Å². The number of hydrogen-bond donors (Lipinski definition) is 1. The predicted molar refractivity (Wildman–Crippen MR) is 79.8 cm³/mol. The van der Waals surface area contributed by atoms with Crippen LogP contribution >= 0.6 is 11.6 Å². The van der Waals surface area contributed by atoms with Gasteiger partial charge in [0.1, 0.15) is 5.56 Å². The van der Waals surface area contributed by atoms with Gasteiger partial charge in [0.2, 0.25) is 5.15 Å². The van der Waals surface area contributed by atoms with Gasteiger partial charge in [-0.25, -0.2) is 4.98 Å². The summed E-state index contributed by atoms with van der Waals surface area (Å²) in [5.74, 6) is -0.599. The number of pyridine rings is 1. The first-order valence-corrected chi connectivity index (χ1v) is 6.45. The number of nitrogens with zero attached hydrogens (tertiary/aromatic N) is 2. The Labute approximate surface area is 125 Å². The largest absolute Gasteiger partial charge is 0.322 e. The maximum atomic E-state index is 12.2. The number of nitro groups is 1. The highest BCUT2D eigenvalue weighted by molar-refractivity contribution is 6.32. The van der Waals surface area contributed by atoms with Crippen LogP contribution in [0.1, 0.15) is 21.5 Å². The second-order valence-electron chi connectivity index (χ2n) is 4.53. The molecule has 1 N–H and O–H groups in total. The molecule has 0 saturated heterocycles. The Bertz CT molecular complexity index is 731. The highest BCUT2D eigenvalue weighted by atomic mass is 35.5. The fourth-order valence-corrected chi connectivity index (χ4v) is 2.16. The van der Waals surface area contributed by atoms with E-state index in [9.17, 15) is 14.9 Å². The minimum atomic E-state index is -0.716. The van der Waals surface area contributed by atoms with Crippen LogP contribution in [-0.4, -0.2) is 15.8 Å². The Kier molecular flexibility index (Phi) is 4.18. The molecule has 0 aliphatic heterocycles. The lowest BCUT2D eigenvalue weighted by molar-refractivity contribution is -0.385. The van der Waals surface area contributed by atoms with Gasteiger partial charge in [0, 0.05) is 11.9 Å². The molecular formula is C14H12ClN3O3. The number of rotatable bonds is 3. The van der Waals surface area contributed by atoms with Crippen LogP contribution in [0, 0.1) is 24.0 Å². The number of amides is 1. The smallest absolute Gasteiger partial charge is 0.319 e. The van der Waals surface area contributed by atoms with E-state index in [1.165, 1.54) is 12.3 Å². The molecule has 0 radical (unpaired) electrons. The van der Waals surface area contributed by atoms with Gasteiger partial charge in [-0.2, -0.15) is 0 Å². The van der Waals surface area contributed by atoms with Crippen molar-refractivity contribution in [3.05, 3.63) is 62.4 Å². The number of aromatic nitrogens is 1. The highest BCUT2D eigenvalue weighted by Crippen LogP contribution is 2.27. The quantitative estimate of drug-likeness (QED) is 0.534. The third-order valence-electron chi connectivity index (χ3n) is 2.94. The first-order chi connectivity index (χ1) is 9.90. The molecule has 0 atom stereocenters. The zero-order valence-electron chi connectivity index (χ0n) is 11.4. The molecule has 2 rings (SSSR count). The molecule has 7 heteroatoms. The maximum Gasteiger partial charge on any atom is 0.319 e. The number of carbonyl (C=O) groups excluding carboxylic acids is 1. The van der Waals surface area contributed by atoms with Gasteiger partial charge in [-0.05, 0) is 31.5 Å². The molecule has 21 heavy (non-hydrogen) atoms. The van der Waals surface area contributed by atoms with E-state index in [1.54, 1.807) is 6.07 Å². The Morgan fingerprint density at radius 1 is 1.33 bits per heavy atom. The number of anilines is 1. The van der Waals surface area contributed by atoms with E-state index in [2.05, 4.69) is 10.3 Å². The molecule has 6 nitrogen and oxygen atoms in total. The van der Waals surface area contributed by atoms with Crippen LogP contribution in [0.3, 0.4) is 0 Å². The van der Waals surface area contributed by atoms with Crippen LogP contribution in [0.2, 0.25) is 5.15 Å². The van der Waals surface area contributed by atoms with Crippen molar-refractivity contribution in [3.63, 3.8) is 0 Å². The fraction of sp³-hybridized carbons (Fsp3) is 0.143. The molecule has 1 heterocycles. The van der Waals surface area contributed by atoms with Crippen molar-refractivity contribution in [2.75, 3.05) is 5.32 Å². The SMILES string of the molecule is Cc1ccc(NC(=O)c2ccnc(Cl)c2[N+](=O)[O-])c(C)c1. The molecule has 0 bridgehead atoms. The van der Waals surface area contributed by atoms with Gasteiger partial charge in [-0.1, -0.05) is 29.3 Å². The molecule has 108 valence electrons. The minimum absolute atomic E-state index is 0.125. The normalized spacial score (nSPS) is 10.2. The van der Waals surface area contributed by atoms with Gasteiger partial charge >= 0.3 is 5.69 Å². The average molecular weight is 306 g/mol. The van der Waals surface area contributed by atoms with Gasteiger partial charge in [-0.15, -0.1) is 0 Å². The summed E-state index contributed by atoms with van der Waals surface area (Å²) in [5.41, 5.74) is 1.89. The molecule has 1 aromatic heterocycles. The van der Waals surface area contributed by atoms with E-state index < -0.39 is 16.5 Å². The first kappa shape index (κ1) is 14.9. The summed E-state index contributed by atoms with van der Waals surface area (Å²) in [6.07, 6.45) is 1.26. The molecule has 1 aromatic carbocycles. The van der Waals surface area contributed by atoms with Gasteiger partial charge in [0.25, 0.3) is 5.91 Å². The summed E-state index contributed by atoms with van der Waals surface area (Å²) in [7, 11) is 0. The summed E-state index contributed by atoms with van der Waals surface area (Å²) in [5, 5.41) is 13.3. The molecule has 0 saturated carbocycles. The standard InChI is InChI=1S/C14H12ClN3O3/c1-8-3-4-11(9(2)7-8)17-14(19)10-5-6-16-13(15)12(10)18(20)21/h3-7H,1-2H3,(H,17,19). The van der Waals surface area contributed by atoms with Crippen molar-refractivity contribution in [3.8, 4) is 0 Å². The Morgan fingerprint density at radius 3 is 2.67 bits per heavy atom. The molecule has 0 fully saturated rings. The third kappa shape index (κ3) is 3.17. The van der Waals surface area contributed by atoms with Gasteiger partial charge in [-0.3, -0.25) is 14.9 Å². The lowest BCUT2D eigenvalue weighted by atomic mass is 10.1. The Balaban J connectivity index is 2.37. The van der Waals surface area contributed by atoms with E-state index >= 15 is 0 Å². The van der Waals surface area contributed by atoms with Crippen molar-refractivity contribution >= 4 is 28.9 Å². The molecule has 0 spiro atoms. The highest BCUT2D eigenvalue weighted by Gasteiger charge is 2.25. The van der Waals surface area contributed by atoms with Gasteiger partial charge < -0.3 is 5.32 Å². The van der Waals surface area contributed by atoms with Crippen LogP contribution < -0.4 is 5.32 Å². The molecule has 1 amide bonds. The molecule has 0 aliphatic rings. The summed E-state index contributed by atoms with van der Waals surface area (Å²) in [4.78, 5) is 26.1. The Morgan fingerprint density at radius 2 is 2.05 bits per heavy atom. The number of hydrogen-bond acceptors (Lipinski definition) is 4. The number of benzene rings is 1. The monoisotopic (exact) mass is 305 g/mol. The lowest BCUT2D eigenvalue weighted by Gasteiger charge is -2.09. The number of nitrogens with one attached hydrogen (secondary N) is 1. The van der Waals surface area contributed by atoms with Crippen molar-refractivity contribution < 1.29 is 9.72 Å². The van der Waals surface area contributed by atoms with Gasteiger partial charge in [0.15, 0.2) is 0 Å². The lowest BCUT2D eigenvalue weighted by Crippen LogP contribution is -2.15. The van der Waals surface area contributed by atoms with Crippen molar-refractivity contribution in [2.45, 2.75) is 13.8 Å². The average Bonchev–Trinajstić information content (AvgIpc) is 2.41. The first-order valence-electron chi connectivity index (χ1n) is 6.07. The van der Waals surface area contributed by atoms with E-state index in [1.807, 2.05) is 26.0 Å². The van der Waals surface area contributed by atoms with Gasteiger partial charge in [0.05, 0.1) is 4.92 Å². The van der Waals surface area contributed by atoms with Crippen LogP contribution in [0.4, 0.5) is 11.4 Å².